The van der Waals surface area contributed by atoms with Crippen molar-refractivity contribution in [3.8, 4) is 6.07 Å². The topological polar surface area (TPSA) is 110 Å². The molecule has 0 aliphatic heterocycles. The summed E-state index contributed by atoms with van der Waals surface area (Å²) in [4.78, 5) is 21.8. The van der Waals surface area contributed by atoms with Crippen molar-refractivity contribution in [1.29, 1.82) is 5.26 Å². The molecule has 0 radical (unpaired) electrons. The number of hydrogen-bond acceptors (Lipinski definition) is 5. The van der Waals surface area contributed by atoms with E-state index in [4.69, 9.17) is 11.0 Å². The third kappa shape index (κ3) is 2.43. The first-order chi connectivity index (χ1) is 7.45. The zero-order valence-electron chi connectivity index (χ0n) is 8.26. The standard InChI is InChI=1S/C9H7N3O3S/c1-5-8(12(14)15)3-7(16-5)2-6(4-10)9(11)13/h2-3H,1H3,(H2,11,13)/b6-2-. The van der Waals surface area contributed by atoms with Crippen LogP contribution in [-0.2, 0) is 4.79 Å². The number of nitrogens with two attached hydrogens (primary N) is 1. The highest BCUT2D eigenvalue weighted by Crippen LogP contribution is 2.29. The molecular formula is C9H7N3O3S. The first-order valence-electron chi connectivity index (χ1n) is 4.12. The molecule has 0 spiro atoms. The van der Waals surface area contributed by atoms with Gasteiger partial charge in [0.2, 0.25) is 0 Å². The van der Waals surface area contributed by atoms with E-state index in [1.807, 2.05) is 0 Å². The van der Waals surface area contributed by atoms with Gasteiger partial charge in [-0.3, -0.25) is 14.9 Å². The number of aryl methyl sites for hydroxylation is 1. The predicted molar refractivity (Wildman–Crippen MR) is 58.5 cm³/mol. The Kier molecular flexibility index (Phi) is 3.37. The number of amides is 1. The van der Waals surface area contributed by atoms with Gasteiger partial charge >= 0.3 is 0 Å². The normalized spacial score (nSPS) is 10.9. The van der Waals surface area contributed by atoms with Gasteiger partial charge in [0.15, 0.2) is 0 Å². The van der Waals surface area contributed by atoms with Crippen LogP contribution in [0.5, 0.6) is 0 Å². The van der Waals surface area contributed by atoms with Crippen molar-refractivity contribution in [3.63, 3.8) is 0 Å². The number of nitro groups is 1. The van der Waals surface area contributed by atoms with Crippen molar-refractivity contribution in [2.75, 3.05) is 0 Å². The minimum Gasteiger partial charge on any atom is -0.365 e. The molecule has 0 aliphatic rings. The van der Waals surface area contributed by atoms with Gasteiger partial charge in [-0.1, -0.05) is 0 Å². The minimum absolute atomic E-state index is 0.0296. The number of thiophene rings is 1. The molecule has 0 saturated carbocycles. The number of rotatable bonds is 3. The zero-order chi connectivity index (χ0) is 12.3. The molecule has 1 rings (SSSR count). The number of hydrogen-bond donors (Lipinski definition) is 1. The van der Waals surface area contributed by atoms with E-state index in [0.717, 1.165) is 11.3 Å². The Labute approximate surface area is 94.8 Å². The number of carbonyl (C=O) groups excluding carboxylic acids is 1. The Balaban J connectivity index is 3.17. The zero-order valence-corrected chi connectivity index (χ0v) is 9.08. The lowest BCUT2D eigenvalue weighted by Gasteiger charge is -1.87. The summed E-state index contributed by atoms with van der Waals surface area (Å²) >= 11 is 1.13. The van der Waals surface area contributed by atoms with E-state index in [2.05, 4.69) is 0 Å². The molecule has 0 atom stereocenters. The van der Waals surface area contributed by atoms with Crippen molar-refractivity contribution in [1.82, 2.24) is 0 Å². The summed E-state index contributed by atoms with van der Waals surface area (Å²) in [6.45, 7) is 1.59. The Hall–Kier alpha value is -2.20. The smallest absolute Gasteiger partial charge is 0.283 e. The Bertz CT molecular complexity index is 525. The maximum absolute atomic E-state index is 10.8. The van der Waals surface area contributed by atoms with Crippen molar-refractivity contribution in [2.45, 2.75) is 6.92 Å². The van der Waals surface area contributed by atoms with Crippen LogP contribution in [-0.4, -0.2) is 10.8 Å². The van der Waals surface area contributed by atoms with Crippen LogP contribution in [0.3, 0.4) is 0 Å². The van der Waals surface area contributed by atoms with Crippen LogP contribution in [0.15, 0.2) is 11.6 Å². The highest BCUT2D eigenvalue weighted by molar-refractivity contribution is 7.13. The molecule has 1 amide bonds. The molecule has 0 saturated heterocycles. The van der Waals surface area contributed by atoms with Crippen LogP contribution < -0.4 is 5.73 Å². The maximum atomic E-state index is 10.8. The molecule has 0 aliphatic carbocycles. The van der Waals surface area contributed by atoms with Gasteiger partial charge in [-0.25, -0.2) is 0 Å². The number of primary amides is 1. The number of carbonyl (C=O) groups is 1. The molecule has 82 valence electrons. The molecule has 6 nitrogen and oxygen atoms in total. The van der Waals surface area contributed by atoms with Gasteiger partial charge in [0.1, 0.15) is 11.6 Å². The molecule has 0 bridgehead atoms. The maximum Gasteiger partial charge on any atom is 0.283 e. The Morgan fingerprint density at radius 1 is 1.75 bits per heavy atom. The summed E-state index contributed by atoms with van der Waals surface area (Å²) in [5.41, 5.74) is 4.69. The van der Waals surface area contributed by atoms with E-state index >= 15 is 0 Å². The van der Waals surface area contributed by atoms with Gasteiger partial charge < -0.3 is 5.73 Å². The number of nitrogens with zero attached hydrogens (tertiary/aromatic N) is 2. The molecule has 0 aromatic carbocycles. The lowest BCUT2D eigenvalue weighted by atomic mass is 10.2. The van der Waals surface area contributed by atoms with Crippen LogP contribution >= 0.6 is 11.3 Å². The minimum atomic E-state index is -0.851. The fraction of sp³-hybridized carbons (Fsp3) is 0.111. The highest BCUT2D eigenvalue weighted by Gasteiger charge is 2.15. The van der Waals surface area contributed by atoms with Crippen LogP contribution in [0.4, 0.5) is 5.69 Å². The molecule has 2 N–H and O–H groups in total. The summed E-state index contributed by atoms with van der Waals surface area (Å²) in [6.07, 6.45) is 1.24. The molecule has 1 aromatic heterocycles. The summed E-state index contributed by atoms with van der Waals surface area (Å²) < 4.78 is 0. The fourth-order valence-electron chi connectivity index (χ4n) is 1.05. The van der Waals surface area contributed by atoms with Gasteiger partial charge in [0.25, 0.3) is 11.6 Å². The van der Waals surface area contributed by atoms with Gasteiger partial charge in [0.05, 0.1) is 9.80 Å². The van der Waals surface area contributed by atoms with Gasteiger partial charge in [-0.2, -0.15) is 5.26 Å². The molecule has 16 heavy (non-hydrogen) atoms. The monoisotopic (exact) mass is 237 g/mol. The fourth-order valence-corrected chi connectivity index (χ4v) is 1.99. The average Bonchev–Trinajstić information content (AvgIpc) is 2.55. The van der Waals surface area contributed by atoms with Gasteiger partial charge in [-0.15, -0.1) is 11.3 Å². The SMILES string of the molecule is Cc1sc(/C=C(/C#N)C(N)=O)cc1[N+](=O)[O-]. The van der Waals surface area contributed by atoms with E-state index in [1.54, 1.807) is 13.0 Å². The quantitative estimate of drug-likeness (QED) is 0.370. The second-order valence-corrected chi connectivity index (χ2v) is 4.17. The largest absolute Gasteiger partial charge is 0.365 e. The van der Waals surface area contributed by atoms with E-state index in [9.17, 15) is 14.9 Å². The molecule has 7 heteroatoms. The molecular weight excluding hydrogens is 230 g/mol. The van der Waals surface area contributed by atoms with Crippen molar-refractivity contribution < 1.29 is 9.72 Å². The lowest BCUT2D eigenvalue weighted by Crippen LogP contribution is -2.12. The van der Waals surface area contributed by atoms with Crippen LogP contribution in [0, 0.1) is 28.4 Å². The molecule has 1 aromatic rings. The van der Waals surface area contributed by atoms with Crippen molar-refractivity contribution >= 4 is 29.0 Å². The lowest BCUT2D eigenvalue weighted by molar-refractivity contribution is -0.385. The van der Waals surface area contributed by atoms with E-state index in [0.29, 0.717) is 9.75 Å². The molecule has 0 unspecified atom stereocenters. The Morgan fingerprint density at radius 2 is 2.38 bits per heavy atom. The van der Waals surface area contributed by atoms with E-state index < -0.39 is 10.8 Å². The number of nitriles is 1. The van der Waals surface area contributed by atoms with Crippen LogP contribution in [0.1, 0.15) is 9.75 Å². The van der Waals surface area contributed by atoms with Crippen molar-refractivity contribution in [3.05, 3.63) is 31.5 Å². The van der Waals surface area contributed by atoms with E-state index in [1.165, 1.54) is 12.1 Å². The van der Waals surface area contributed by atoms with Crippen LogP contribution in [0.2, 0.25) is 0 Å². The first kappa shape index (κ1) is 11.9. The van der Waals surface area contributed by atoms with Crippen molar-refractivity contribution in [2.24, 2.45) is 5.73 Å². The molecule has 1 heterocycles. The second kappa shape index (κ2) is 4.55. The molecule has 0 fully saturated rings. The first-order valence-corrected chi connectivity index (χ1v) is 4.93. The highest BCUT2D eigenvalue weighted by atomic mass is 32.1. The summed E-state index contributed by atoms with van der Waals surface area (Å²) in [6, 6.07) is 2.94. The summed E-state index contributed by atoms with van der Waals surface area (Å²) in [7, 11) is 0. The average molecular weight is 237 g/mol. The van der Waals surface area contributed by atoms with Crippen LogP contribution in [0.25, 0.3) is 6.08 Å². The third-order valence-electron chi connectivity index (χ3n) is 1.78. The van der Waals surface area contributed by atoms with Gasteiger partial charge in [-0.05, 0) is 13.0 Å². The predicted octanol–water partition coefficient (Wildman–Crippen LogP) is 1.36. The van der Waals surface area contributed by atoms with Gasteiger partial charge in [0, 0.05) is 10.9 Å². The van der Waals surface area contributed by atoms with E-state index in [-0.39, 0.29) is 11.3 Å². The summed E-state index contributed by atoms with van der Waals surface area (Å²) in [5, 5.41) is 19.2. The third-order valence-corrected chi connectivity index (χ3v) is 2.77. The second-order valence-electron chi connectivity index (χ2n) is 2.88. The summed E-state index contributed by atoms with van der Waals surface area (Å²) in [5.74, 6) is -0.851. The Morgan fingerprint density at radius 3 is 2.75 bits per heavy atom.